The predicted molar refractivity (Wildman–Crippen MR) is 52.6 cm³/mol. The summed E-state index contributed by atoms with van der Waals surface area (Å²) in [5.74, 6) is 0.402. The van der Waals surface area contributed by atoms with Crippen LogP contribution in [0.2, 0.25) is 0 Å². The van der Waals surface area contributed by atoms with Crippen molar-refractivity contribution in [3.63, 3.8) is 0 Å². The lowest BCUT2D eigenvalue weighted by molar-refractivity contribution is -0.139. The zero-order valence-corrected chi connectivity index (χ0v) is 8.68. The van der Waals surface area contributed by atoms with Crippen molar-refractivity contribution in [2.45, 2.75) is 57.2 Å². The van der Waals surface area contributed by atoms with Crippen LogP contribution in [0.3, 0.4) is 0 Å². The van der Waals surface area contributed by atoms with E-state index in [1.54, 1.807) is 0 Å². The molecule has 2 aliphatic carbocycles. The highest BCUT2D eigenvalue weighted by molar-refractivity contribution is 5.86. The summed E-state index contributed by atoms with van der Waals surface area (Å²) in [6, 6.07) is 0.142. The van der Waals surface area contributed by atoms with E-state index in [-0.39, 0.29) is 11.9 Å². The van der Waals surface area contributed by atoms with Gasteiger partial charge in [0.25, 0.3) is 5.91 Å². The number of hydrogen-bond acceptors (Lipinski definition) is 1. The van der Waals surface area contributed by atoms with Crippen LogP contribution in [0.25, 0.3) is 0 Å². The van der Waals surface area contributed by atoms with Crippen molar-refractivity contribution in [2.24, 2.45) is 5.92 Å². The van der Waals surface area contributed by atoms with Crippen LogP contribution in [0.4, 0.5) is 4.39 Å². The predicted octanol–water partition coefficient (Wildman–Crippen LogP) is 2.18. The molecule has 3 heteroatoms. The summed E-state index contributed by atoms with van der Waals surface area (Å²) in [6.07, 6.45) is 5.24. The normalized spacial score (nSPS) is 26.4. The summed E-state index contributed by atoms with van der Waals surface area (Å²) in [7, 11) is 0. The Bertz CT molecular complexity index is 233. The van der Waals surface area contributed by atoms with Gasteiger partial charge in [0.15, 0.2) is 5.67 Å². The molecule has 80 valence electrons. The number of rotatable bonds is 4. The van der Waals surface area contributed by atoms with Gasteiger partial charge in [0.1, 0.15) is 0 Å². The lowest BCUT2D eigenvalue weighted by Gasteiger charge is -2.33. The molecule has 0 aromatic rings. The third kappa shape index (κ3) is 2.07. The standard InChI is InChI=1S/C11H18FNO/c1-8(7-9-3-4-9)13-10(14)11(12)5-2-6-11/h8-9H,2-7H2,1H3,(H,13,14). The second-order valence-electron chi connectivity index (χ2n) is 4.87. The maximum atomic E-state index is 13.6. The van der Waals surface area contributed by atoms with E-state index in [9.17, 15) is 9.18 Å². The van der Waals surface area contributed by atoms with Crippen LogP contribution < -0.4 is 5.32 Å². The molecule has 14 heavy (non-hydrogen) atoms. The number of hydrogen-bond donors (Lipinski definition) is 1. The molecule has 2 rings (SSSR count). The summed E-state index contributed by atoms with van der Waals surface area (Å²) in [5.41, 5.74) is -1.53. The molecule has 2 fully saturated rings. The van der Waals surface area contributed by atoms with Crippen LogP contribution in [0.1, 0.15) is 45.4 Å². The van der Waals surface area contributed by atoms with Gasteiger partial charge in [-0.3, -0.25) is 4.79 Å². The number of amides is 1. The van der Waals surface area contributed by atoms with E-state index < -0.39 is 5.67 Å². The van der Waals surface area contributed by atoms with Crippen molar-refractivity contribution in [1.82, 2.24) is 5.32 Å². The van der Waals surface area contributed by atoms with Crippen LogP contribution in [-0.2, 0) is 4.79 Å². The largest absolute Gasteiger partial charge is 0.351 e. The Balaban J connectivity index is 1.74. The lowest BCUT2D eigenvalue weighted by Crippen LogP contribution is -2.50. The van der Waals surface area contributed by atoms with E-state index in [2.05, 4.69) is 5.32 Å². The van der Waals surface area contributed by atoms with E-state index in [1.165, 1.54) is 12.8 Å². The number of carbonyl (C=O) groups excluding carboxylic acids is 1. The van der Waals surface area contributed by atoms with E-state index in [0.29, 0.717) is 12.8 Å². The highest BCUT2D eigenvalue weighted by Crippen LogP contribution is 2.37. The van der Waals surface area contributed by atoms with Crippen molar-refractivity contribution in [1.29, 1.82) is 0 Å². The average molecular weight is 199 g/mol. The summed E-state index contributed by atoms with van der Waals surface area (Å²) >= 11 is 0. The molecule has 1 atom stereocenters. The summed E-state index contributed by atoms with van der Waals surface area (Å²) in [5, 5.41) is 2.78. The van der Waals surface area contributed by atoms with E-state index in [4.69, 9.17) is 0 Å². The van der Waals surface area contributed by atoms with Crippen LogP contribution >= 0.6 is 0 Å². The summed E-state index contributed by atoms with van der Waals surface area (Å²) in [4.78, 5) is 11.5. The Morgan fingerprint density at radius 2 is 2.21 bits per heavy atom. The summed E-state index contributed by atoms with van der Waals surface area (Å²) < 4.78 is 13.6. The molecule has 2 nitrogen and oxygen atoms in total. The molecule has 0 spiro atoms. The van der Waals surface area contributed by atoms with Gasteiger partial charge in [-0.25, -0.2) is 4.39 Å². The van der Waals surface area contributed by atoms with Crippen LogP contribution in [0.15, 0.2) is 0 Å². The fourth-order valence-electron chi connectivity index (χ4n) is 1.98. The first-order valence-electron chi connectivity index (χ1n) is 5.60. The van der Waals surface area contributed by atoms with Gasteiger partial charge in [0.05, 0.1) is 0 Å². The monoisotopic (exact) mass is 199 g/mol. The lowest BCUT2D eigenvalue weighted by atomic mass is 9.81. The first-order chi connectivity index (χ1) is 6.60. The third-order valence-electron chi connectivity index (χ3n) is 3.31. The third-order valence-corrected chi connectivity index (χ3v) is 3.31. The number of carbonyl (C=O) groups is 1. The van der Waals surface area contributed by atoms with Gasteiger partial charge in [-0.05, 0) is 38.5 Å². The Labute approximate surface area is 84.3 Å². The van der Waals surface area contributed by atoms with Gasteiger partial charge in [-0.1, -0.05) is 12.8 Å². The Morgan fingerprint density at radius 1 is 1.57 bits per heavy atom. The highest BCUT2D eigenvalue weighted by Gasteiger charge is 2.45. The minimum Gasteiger partial charge on any atom is -0.351 e. The average Bonchev–Trinajstić information content (AvgIpc) is 2.83. The van der Waals surface area contributed by atoms with Crippen LogP contribution in [0, 0.1) is 5.92 Å². The molecule has 0 radical (unpaired) electrons. The SMILES string of the molecule is CC(CC1CC1)NC(=O)C1(F)CCC1. The number of alkyl halides is 1. The van der Waals surface area contributed by atoms with Gasteiger partial charge < -0.3 is 5.32 Å². The van der Waals surface area contributed by atoms with Gasteiger partial charge in [-0.15, -0.1) is 0 Å². The first-order valence-corrected chi connectivity index (χ1v) is 5.60. The Hall–Kier alpha value is -0.600. The molecule has 2 saturated carbocycles. The molecule has 0 aromatic carbocycles. The first kappa shape index (κ1) is 9.94. The number of halogens is 1. The minimum absolute atomic E-state index is 0.142. The van der Waals surface area contributed by atoms with Gasteiger partial charge in [0.2, 0.25) is 0 Å². The van der Waals surface area contributed by atoms with Gasteiger partial charge in [-0.2, -0.15) is 0 Å². The van der Waals surface area contributed by atoms with E-state index in [0.717, 1.165) is 18.8 Å². The van der Waals surface area contributed by atoms with Crippen LogP contribution in [-0.4, -0.2) is 17.6 Å². The molecule has 1 amide bonds. The highest BCUT2D eigenvalue weighted by atomic mass is 19.1. The maximum absolute atomic E-state index is 13.6. The Kier molecular flexibility index (Phi) is 2.50. The van der Waals surface area contributed by atoms with Gasteiger partial charge in [0, 0.05) is 6.04 Å². The van der Waals surface area contributed by atoms with Gasteiger partial charge >= 0.3 is 0 Å². The molecule has 2 aliphatic rings. The second kappa shape index (κ2) is 3.52. The van der Waals surface area contributed by atoms with Crippen molar-refractivity contribution >= 4 is 5.91 Å². The second-order valence-corrected chi connectivity index (χ2v) is 4.87. The van der Waals surface area contributed by atoms with E-state index in [1.807, 2.05) is 6.92 Å². The molecule has 0 aromatic heterocycles. The zero-order chi connectivity index (χ0) is 10.2. The maximum Gasteiger partial charge on any atom is 0.257 e. The molecule has 1 unspecified atom stereocenters. The fourth-order valence-corrected chi connectivity index (χ4v) is 1.98. The minimum atomic E-state index is -1.53. The van der Waals surface area contributed by atoms with Crippen molar-refractivity contribution < 1.29 is 9.18 Å². The fraction of sp³-hybridized carbons (Fsp3) is 0.909. The molecular formula is C11H18FNO. The topological polar surface area (TPSA) is 29.1 Å². The smallest absolute Gasteiger partial charge is 0.257 e. The molecule has 0 bridgehead atoms. The van der Waals surface area contributed by atoms with E-state index >= 15 is 0 Å². The van der Waals surface area contributed by atoms with Crippen molar-refractivity contribution in [3.05, 3.63) is 0 Å². The number of nitrogens with one attached hydrogen (secondary N) is 1. The van der Waals surface area contributed by atoms with Crippen LogP contribution in [0.5, 0.6) is 0 Å². The summed E-state index contributed by atoms with van der Waals surface area (Å²) in [6.45, 7) is 1.97. The molecule has 0 heterocycles. The van der Waals surface area contributed by atoms with Crippen molar-refractivity contribution in [2.75, 3.05) is 0 Å². The molecule has 0 aliphatic heterocycles. The zero-order valence-electron chi connectivity index (χ0n) is 8.68. The van der Waals surface area contributed by atoms with Crippen molar-refractivity contribution in [3.8, 4) is 0 Å². The Morgan fingerprint density at radius 3 is 2.64 bits per heavy atom. The molecular weight excluding hydrogens is 181 g/mol. The molecule has 1 N–H and O–H groups in total. The molecule has 0 saturated heterocycles. The quantitative estimate of drug-likeness (QED) is 0.738.